The number of piperazine rings is 1. The van der Waals surface area contributed by atoms with Crippen LogP contribution in [-0.4, -0.2) is 43.1 Å². The average Bonchev–Trinajstić information content (AvgIpc) is 2.72. The lowest BCUT2D eigenvalue weighted by Gasteiger charge is -2.37. The number of ether oxygens (including phenoxy) is 1. The van der Waals surface area contributed by atoms with E-state index < -0.39 is 6.10 Å². The molecule has 144 valence electrons. The molecule has 5 heteroatoms. The first kappa shape index (κ1) is 19.2. The van der Waals surface area contributed by atoms with Crippen LogP contribution in [0.3, 0.4) is 0 Å². The molecule has 0 bridgehead atoms. The van der Waals surface area contributed by atoms with Gasteiger partial charge in [-0.3, -0.25) is 4.79 Å². The van der Waals surface area contributed by atoms with Gasteiger partial charge >= 0.3 is 0 Å². The summed E-state index contributed by atoms with van der Waals surface area (Å²) in [7, 11) is 0. The van der Waals surface area contributed by atoms with Gasteiger partial charge < -0.3 is 14.5 Å². The normalized spacial score (nSPS) is 15.5. The molecule has 0 N–H and O–H groups in total. The molecule has 0 saturated carbocycles. The van der Waals surface area contributed by atoms with Gasteiger partial charge in [0.1, 0.15) is 11.6 Å². The number of halogens is 1. The van der Waals surface area contributed by atoms with Crippen molar-refractivity contribution >= 4 is 11.6 Å². The first-order valence-corrected chi connectivity index (χ1v) is 9.65. The molecule has 1 saturated heterocycles. The van der Waals surface area contributed by atoms with E-state index in [2.05, 4.69) is 11.8 Å². The zero-order valence-corrected chi connectivity index (χ0v) is 16.0. The summed E-state index contributed by atoms with van der Waals surface area (Å²) >= 11 is 0. The maximum Gasteiger partial charge on any atom is 0.263 e. The lowest BCUT2D eigenvalue weighted by atomic mass is 10.1. The van der Waals surface area contributed by atoms with E-state index in [-0.39, 0.29) is 11.7 Å². The number of rotatable bonds is 6. The second kappa shape index (κ2) is 8.89. The Hall–Kier alpha value is -2.56. The van der Waals surface area contributed by atoms with Crippen molar-refractivity contribution < 1.29 is 13.9 Å². The number of aryl methyl sites for hydroxylation is 1. The third kappa shape index (κ3) is 4.79. The molecule has 1 amide bonds. The standard InChI is InChI=1S/C22H27FN2O2/c1-3-17-5-11-20(12-6-17)27-21(4-2)22(26)25-15-13-24(14-16-25)19-9-7-18(23)8-10-19/h5-12,21H,3-4,13-16H2,1-2H3. The number of amides is 1. The minimum Gasteiger partial charge on any atom is -0.481 e. The second-order valence-electron chi connectivity index (χ2n) is 6.80. The van der Waals surface area contributed by atoms with Crippen molar-refractivity contribution in [2.24, 2.45) is 0 Å². The minimum absolute atomic E-state index is 0.0378. The Morgan fingerprint density at radius 1 is 1.00 bits per heavy atom. The van der Waals surface area contributed by atoms with E-state index in [9.17, 15) is 9.18 Å². The second-order valence-corrected chi connectivity index (χ2v) is 6.80. The van der Waals surface area contributed by atoms with Crippen molar-refractivity contribution in [3.05, 3.63) is 59.9 Å². The summed E-state index contributed by atoms with van der Waals surface area (Å²) in [4.78, 5) is 16.9. The fraction of sp³-hybridized carbons (Fsp3) is 0.409. The van der Waals surface area contributed by atoms with Gasteiger partial charge in [-0.05, 0) is 54.8 Å². The van der Waals surface area contributed by atoms with Gasteiger partial charge in [0.05, 0.1) is 0 Å². The van der Waals surface area contributed by atoms with Crippen LogP contribution in [0, 0.1) is 5.82 Å². The van der Waals surface area contributed by atoms with E-state index in [1.54, 1.807) is 12.1 Å². The van der Waals surface area contributed by atoms with Crippen molar-refractivity contribution in [3.63, 3.8) is 0 Å². The zero-order chi connectivity index (χ0) is 19.2. The van der Waals surface area contributed by atoms with E-state index in [0.717, 1.165) is 30.9 Å². The highest BCUT2D eigenvalue weighted by atomic mass is 19.1. The van der Waals surface area contributed by atoms with Crippen LogP contribution in [-0.2, 0) is 11.2 Å². The Morgan fingerprint density at radius 2 is 1.63 bits per heavy atom. The first-order chi connectivity index (χ1) is 13.1. The average molecular weight is 370 g/mol. The molecule has 1 atom stereocenters. The molecular formula is C22H27FN2O2. The van der Waals surface area contributed by atoms with E-state index in [4.69, 9.17) is 4.74 Å². The highest BCUT2D eigenvalue weighted by molar-refractivity contribution is 5.81. The van der Waals surface area contributed by atoms with E-state index in [1.807, 2.05) is 36.1 Å². The van der Waals surface area contributed by atoms with E-state index in [0.29, 0.717) is 19.5 Å². The fourth-order valence-corrected chi connectivity index (χ4v) is 3.32. The Bertz CT molecular complexity index is 738. The summed E-state index contributed by atoms with van der Waals surface area (Å²) in [5, 5.41) is 0. The van der Waals surface area contributed by atoms with Gasteiger partial charge in [0.2, 0.25) is 0 Å². The van der Waals surface area contributed by atoms with Gasteiger partial charge in [-0.1, -0.05) is 26.0 Å². The molecule has 2 aromatic rings. The molecule has 1 aliphatic heterocycles. The topological polar surface area (TPSA) is 32.8 Å². The zero-order valence-electron chi connectivity index (χ0n) is 16.0. The molecule has 1 fully saturated rings. The van der Waals surface area contributed by atoms with Gasteiger partial charge in [-0.2, -0.15) is 0 Å². The Balaban J connectivity index is 1.57. The number of benzene rings is 2. The number of carbonyl (C=O) groups excluding carboxylic acids is 1. The molecule has 0 aromatic heterocycles. The largest absolute Gasteiger partial charge is 0.481 e. The van der Waals surface area contributed by atoms with Crippen molar-refractivity contribution in [1.82, 2.24) is 4.90 Å². The van der Waals surface area contributed by atoms with Gasteiger partial charge in [0.25, 0.3) is 5.91 Å². The summed E-state index contributed by atoms with van der Waals surface area (Å²) in [5.41, 5.74) is 2.24. The van der Waals surface area contributed by atoms with E-state index in [1.165, 1.54) is 17.7 Å². The number of carbonyl (C=O) groups is 1. The van der Waals surface area contributed by atoms with Crippen LogP contribution in [0.2, 0.25) is 0 Å². The van der Waals surface area contributed by atoms with Crippen molar-refractivity contribution in [2.75, 3.05) is 31.1 Å². The summed E-state index contributed by atoms with van der Waals surface area (Å²) in [5.74, 6) is 0.538. The molecule has 1 unspecified atom stereocenters. The van der Waals surface area contributed by atoms with Gasteiger partial charge in [-0.25, -0.2) is 4.39 Å². The lowest BCUT2D eigenvalue weighted by molar-refractivity contribution is -0.139. The molecule has 27 heavy (non-hydrogen) atoms. The maximum atomic E-state index is 13.1. The predicted octanol–water partition coefficient (Wildman–Crippen LogP) is 3.89. The van der Waals surface area contributed by atoms with Crippen molar-refractivity contribution in [1.29, 1.82) is 0 Å². The predicted molar refractivity (Wildman–Crippen MR) is 106 cm³/mol. The Labute approximate surface area is 160 Å². The summed E-state index contributed by atoms with van der Waals surface area (Å²) in [6, 6.07) is 14.4. The summed E-state index contributed by atoms with van der Waals surface area (Å²) in [6.45, 7) is 6.84. The van der Waals surface area contributed by atoms with Crippen molar-refractivity contribution in [3.8, 4) is 5.75 Å². The van der Waals surface area contributed by atoms with Crippen LogP contribution in [0.4, 0.5) is 10.1 Å². The van der Waals surface area contributed by atoms with Gasteiger partial charge in [0.15, 0.2) is 6.10 Å². The maximum absolute atomic E-state index is 13.1. The molecule has 2 aromatic carbocycles. The van der Waals surface area contributed by atoms with E-state index >= 15 is 0 Å². The van der Waals surface area contributed by atoms with Crippen LogP contribution in [0.15, 0.2) is 48.5 Å². The molecule has 0 spiro atoms. The monoisotopic (exact) mass is 370 g/mol. The number of anilines is 1. The highest BCUT2D eigenvalue weighted by Gasteiger charge is 2.28. The van der Waals surface area contributed by atoms with Crippen LogP contribution >= 0.6 is 0 Å². The van der Waals surface area contributed by atoms with Crippen LogP contribution in [0.25, 0.3) is 0 Å². The quantitative estimate of drug-likeness (QED) is 0.773. The highest BCUT2D eigenvalue weighted by Crippen LogP contribution is 2.19. The smallest absolute Gasteiger partial charge is 0.263 e. The molecule has 3 rings (SSSR count). The SMILES string of the molecule is CCc1ccc(OC(CC)C(=O)N2CCN(c3ccc(F)cc3)CC2)cc1. The molecule has 4 nitrogen and oxygen atoms in total. The lowest BCUT2D eigenvalue weighted by Crippen LogP contribution is -2.52. The first-order valence-electron chi connectivity index (χ1n) is 9.65. The minimum atomic E-state index is -0.463. The van der Waals surface area contributed by atoms with Crippen LogP contribution in [0.1, 0.15) is 25.8 Å². The molecular weight excluding hydrogens is 343 g/mol. The molecule has 0 radical (unpaired) electrons. The number of hydrogen-bond acceptors (Lipinski definition) is 3. The fourth-order valence-electron chi connectivity index (χ4n) is 3.32. The van der Waals surface area contributed by atoms with Crippen LogP contribution < -0.4 is 9.64 Å². The number of nitrogens with zero attached hydrogens (tertiary/aromatic N) is 2. The molecule has 1 heterocycles. The molecule has 0 aliphatic carbocycles. The van der Waals surface area contributed by atoms with Crippen molar-refractivity contribution in [2.45, 2.75) is 32.8 Å². The molecule has 1 aliphatic rings. The Morgan fingerprint density at radius 3 is 2.19 bits per heavy atom. The number of hydrogen-bond donors (Lipinski definition) is 0. The van der Waals surface area contributed by atoms with Crippen LogP contribution in [0.5, 0.6) is 5.75 Å². The van der Waals surface area contributed by atoms with Gasteiger partial charge in [-0.15, -0.1) is 0 Å². The summed E-state index contributed by atoms with van der Waals surface area (Å²) < 4.78 is 19.0. The Kier molecular flexibility index (Phi) is 6.32. The van der Waals surface area contributed by atoms with Gasteiger partial charge in [0, 0.05) is 31.9 Å². The summed E-state index contributed by atoms with van der Waals surface area (Å²) in [6.07, 6.45) is 1.15. The third-order valence-corrected chi connectivity index (χ3v) is 5.04. The third-order valence-electron chi connectivity index (χ3n) is 5.04.